The lowest BCUT2D eigenvalue weighted by atomic mass is 9.86. The molecule has 1 saturated heterocycles. The summed E-state index contributed by atoms with van der Waals surface area (Å²) in [5, 5.41) is 0. The largest absolute Gasteiger partial charge is 0.338 e. The lowest BCUT2D eigenvalue weighted by Gasteiger charge is -2.35. The van der Waals surface area contributed by atoms with Gasteiger partial charge >= 0.3 is 0 Å². The molecule has 0 bridgehead atoms. The summed E-state index contributed by atoms with van der Waals surface area (Å²) in [6.45, 7) is 2.26. The highest BCUT2D eigenvalue weighted by atomic mass is 16.2. The first-order chi connectivity index (χ1) is 15.2. The van der Waals surface area contributed by atoms with Crippen LogP contribution in [0.25, 0.3) is 0 Å². The van der Waals surface area contributed by atoms with E-state index >= 15 is 0 Å². The van der Waals surface area contributed by atoms with E-state index in [4.69, 9.17) is 4.98 Å². The summed E-state index contributed by atoms with van der Waals surface area (Å²) in [7, 11) is 0. The molecular weight excluding hydrogens is 388 g/mol. The Labute approximate surface area is 185 Å². The van der Waals surface area contributed by atoms with Gasteiger partial charge in [-0.2, -0.15) is 0 Å². The molecule has 6 heteroatoms. The van der Waals surface area contributed by atoms with Crippen molar-refractivity contribution in [1.82, 2.24) is 19.8 Å². The van der Waals surface area contributed by atoms with Crippen molar-refractivity contribution in [3.63, 3.8) is 0 Å². The Balaban J connectivity index is 1.28. The Bertz CT molecular complexity index is 838. The predicted octanol–water partition coefficient (Wildman–Crippen LogP) is 4.09. The first kappa shape index (κ1) is 21.2. The predicted molar refractivity (Wildman–Crippen MR) is 121 cm³/mol. The maximum absolute atomic E-state index is 13.0. The lowest BCUT2D eigenvalue weighted by Crippen LogP contribution is -2.41. The Morgan fingerprint density at radius 3 is 2.45 bits per heavy atom. The van der Waals surface area contributed by atoms with Gasteiger partial charge in [-0.05, 0) is 51.0 Å². The maximum Gasteiger partial charge on any atom is 0.256 e. The molecule has 1 atom stereocenters. The minimum atomic E-state index is -0.0225. The van der Waals surface area contributed by atoms with Crippen molar-refractivity contribution in [3.05, 3.63) is 27.4 Å². The molecule has 0 spiro atoms. The number of H-pyrrole nitrogens is 1. The van der Waals surface area contributed by atoms with Crippen molar-refractivity contribution in [2.75, 3.05) is 13.1 Å². The normalized spacial score (nSPS) is 26.2. The molecule has 3 heterocycles. The molecule has 31 heavy (non-hydrogen) atoms. The van der Waals surface area contributed by atoms with E-state index in [9.17, 15) is 9.59 Å². The number of nitrogens with zero attached hydrogens (tertiary/aromatic N) is 3. The van der Waals surface area contributed by atoms with E-state index in [0.717, 1.165) is 24.5 Å². The van der Waals surface area contributed by atoms with Crippen LogP contribution >= 0.6 is 0 Å². The molecule has 5 rings (SSSR count). The van der Waals surface area contributed by atoms with Crippen LogP contribution in [-0.2, 0) is 17.8 Å². The van der Waals surface area contributed by atoms with Gasteiger partial charge in [0.2, 0.25) is 5.91 Å². The molecular formula is C25H38N4O2. The van der Waals surface area contributed by atoms with Crippen molar-refractivity contribution in [3.8, 4) is 0 Å². The van der Waals surface area contributed by atoms with Gasteiger partial charge in [-0.3, -0.25) is 14.5 Å². The highest BCUT2D eigenvalue weighted by Crippen LogP contribution is 2.36. The third kappa shape index (κ3) is 4.59. The number of hydrogen-bond donors (Lipinski definition) is 1. The molecule has 1 N–H and O–H groups in total. The van der Waals surface area contributed by atoms with Crippen LogP contribution in [0.5, 0.6) is 0 Å². The van der Waals surface area contributed by atoms with Crippen LogP contribution in [-0.4, -0.2) is 44.8 Å². The van der Waals surface area contributed by atoms with Gasteiger partial charge in [-0.25, -0.2) is 4.98 Å². The second kappa shape index (κ2) is 9.43. The molecule has 2 aliphatic heterocycles. The first-order valence-electron chi connectivity index (χ1n) is 12.8. The van der Waals surface area contributed by atoms with Crippen molar-refractivity contribution in [2.45, 2.75) is 109 Å². The Morgan fingerprint density at radius 2 is 1.68 bits per heavy atom. The molecule has 4 aliphatic rings. The zero-order valence-corrected chi connectivity index (χ0v) is 18.9. The van der Waals surface area contributed by atoms with Crippen LogP contribution in [0.4, 0.5) is 0 Å². The number of nitrogens with one attached hydrogen (secondary N) is 1. The second-order valence-corrected chi connectivity index (χ2v) is 10.3. The average molecular weight is 427 g/mol. The fourth-order valence-electron chi connectivity index (χ4n) is 6.51. The van der Waals surface area contributed by atoms with Crippen LogP contribution in [0, 0.1) is 5.92 Å². The van der Waals surface area contributed by atoms with Crippen molar-refractivity contribution in [2.24, 2.45) is 5.92 Å². The van der Waals surface area contributed by atoms with Gasteiger partial charge < -0.3 is 9.88 Å². The van der Waals surface area contributed by atoms with Crippen LogP contribution < -0.4 is 5.56 Å². The van der Waals surface area contributed by atoms with Gasteiger partial charge in [-0.15, -0.1) is 0 Å². The second-order valence-electron chi connectivity index (χ2n) is 10.3. The smallest absolute Gasteiger partial charge is 0.256 e. The lowest BCUT2D eigenvalue weighted by molar-refractivity contribution is -0.133. The molecule has 1 aromatic rings. The minimum Gasteiger partial charge on any atom is -0.338 e. The fourth-order valence-corrected chi connectivity index (χ4v) is 6.51. The van der Waals surface area contributed by atoms with Crippen LogP contribution in [0.2, 0.25) is 0 Å². The Hall–Kier alpha value is -1.69. The highest BCUT2D eigenvalue weighted by Gasteiger charge is 2.35. The quantitative estimate of drug-likeness (QED) is 0.787. The number of carbonyl (C=O) groups excluding carboxylic acids is 1. The summed E-state index contributed by atoms with van der Waals surface area (Å²) in [4.78, 5) is 38.5. The Morgan fingerprint density at radius 1 is 0.935 bits per heavy atom. The Kier molecular flexibility index (Phi) is 6.44. The fraction of sp³-hybridized carbons (Fsp3) is 0.800. The van der Waals surface area contributed by atoms with Gasteiger partial charge in [0, 0.05) is 25.4 Å². The number of rotatable bonds is 4. The third-order valence-electron chi connectivity index (χ3n) is 8.28. The van der Waals surface area contributed by atoms with E-state index in [1.165, 1.54) is 70.6 Å². The summed E-state index contributed by atoms with van der Waals surface area (Å²) < 4.78 is 0. The van der Waals surface area contributed by atoms with Gasteiger partial charge in [0.1, 0.15) is 5.82 Å². The number of amides is 1. The number of aromatic nitrogens is 2. The number of likely N-dealkylation sites (tertiary alicyclic amines) is 1. The summed E-state index contributed by atoms with van der Waals surface area (Å²) in [6.07, 6.45) is 16.4. The van der Waals surface area contributed by atoms with E-state index in [2.05, 4.69) is 9.88 Å². The van der Waals surface area contributed by atoms with Gasteiger partial charge in [0.15, 0.2) is 0 Å². The highest BCUT2D eigenvalue weighted by molar-refractivity contribution is 5.76. The summed E-state index contributed by atoms with van der Waals surface area (Å²) in [5.74, 6) is 1.63. The zero-order chi connectivity index (χ0) is 21.2. The van der Waals surface area contributed by atoms with Crippen LogP contribution in [0.1, 0.15) is 107 Å². The molecule has 0 aromatic carbocycles. The first-order valence-corrected chi connectivity index (χ1v) is 12.8. The van der Waals surface area contributed by atoms with Gasteiger partial charge in [-0.1, -0.05) is 38.5 Å². The molecule has 1 amide bonds. The summed E-state index contributed by atoms with van der Waals surface area (Å²) in [6, 6.07) is 0.905. The van der Waals surface area contributed by atoms with Crippen molar-refractivity contribution >= 4 is 5.91 Å². The molecule has 2 saturated carbocycles. The number of aromatic amines is 1. The van der Waals surface area contributed by atoms with Crippen LogP contribution in [0.15, 0.2) is 4.79 Å². The van der Waals surface area contributed by atoms with Gasteiger partial charge in [0.25, 0.3) is 5.56 Å². The van der Waals surface area contributed by atoms with E-state index in [-0.39, 0.29) is 17.5 Å². The molecule has 0 radical (unpaired) electrons. The molecule has 6 nitrogen and oxygen atoms in total. The summed E-state index contributed by atoms with van der Waals surface area (Å²) in [5.41, 5.74) is 1.62. The van der Waals surface area contributed by atoms with E-state index in [1.807, 2.05) is 4.90 Å². The van der Waals surface area contributed by atoms with E-state index < -0.39 is 0 Å². The van der Waals surface area contributed by atoms with Crippen molar-refractivity contribution in [1.29, 1.82) is 0 Å². The molecule has 3 fully saturated rings. The van der Waals surface area contributed by atoms with Crippen LogP contribution in [0.3, 0.4) is 0 Å². The average Bonchev–Trinajstić information content (AvgIpc) is 3.30. The monoisotopic (exact) mass is 426 g/mol. The number of hydrogen-bond acceptors (Lipinski definition) is 4. The maximum atomic E-state index is 13.0. The molecule has 2 aliphatic carbocycles. The summed E-state index contributed by atoms with van der Waals surface area (Å²) >= 11 is 0. The van der Waals surface area contributed by atoms with Crippen molar-refractivity contribution < 1.29 is 4.79 Å². The topological polar surface area (TPSA) is 69.3 Å². The number of fused-ring (bicyclic) bond motifs is 1. The standard InChI is InChI=1S/C25H38N4O2/c30-23(16-18-8-3-1-4-9-18)28-15-13-21-20(17-28)25(31)27-24(26-21)22-12-7-14-29(22)19-10-5-2-6-11-19/h18-19,22H,1-17H2,(H,26,27,31)/t22-/m1/s1. The zero-order valence-electron chi connectivity index (χ0n) is 18.9. The third-order valence-corrected chi connectivity index (χ3v) is 8.28. The minimum absolute atomic E-state index is 0.0225. The van der Waals surface area contributed by atoms with E-state index in [1.54, 1.807) is 0 Å². The molecule has 1 aromatic heterocycles. The molecule has 0 unspecified atom stereocenters. The number of carbonyl (C=O) groups is 1. The SMILES string of the molecule is O=C(CC1CCCCC1)N1CCc2nc([C@H]3CCCN3C3CCCCC3)[nH]c(=O)c2C1. The van der Waals surface area contributed by atoms with E-state index in [0.29, 0.717) is 43.5 Å². The van der Waals surface area contributed by atoms with Gasteiger partial charge in [0.05, 0.1) is 23.8 Å². The molecule has 170 valence electrons.